The molecule has 0 bridgehead atoms. The summed E-state index contributed by atoms with van der Waals surface area (Å²) in [5, 5.41) is 16.5. The van der Waals surface area contributed by atoms with Gasteiger partial charge < -0.3 is 16.4 Å². The SMILES string of the molecule is C/C(N)=C1/NCCC(Nc2cccc(C#N)c2)c2cc(C3=CCN(C(C)C)CC3)ccc21. The number of nitriles is 1. The molecule has 4 N–H and O–H groups in total. The van der Waals surface area contributed by atoms with Crippen molar-refractivity contribution in [3.63, 3.8) is 0 Å². The first-order valence-corrected chi connectivity index (χ1v) is 11.5. The Morgan fingerprint density at radius 1 is 1.25 bits per heavy atom. The third-order valence-corrected chi connectivity index (χ3v) is 6.50. The zero-order valence-electron chi connectivity index (χ0n) is 19.3. The molecule has 2 aliphatic heterocycles. The number of nitrogens with zero attached hydrogens (tertiary/aromatic N) is 2. The molecule has 1 atom stereocenters. The minimum Gasteiger partial charge on any atom is -0.401 e. The van der Waals surface area contributed by atoms with Gasteiger partial charge in [0.15, 0.2) is 0 Å². The third kappa shape index (κ3) is 4.66. The number of nitrogens with one attached hydrogen (secondary N) is 2. The van der Waals surface area contributed by atoms with Crippen LogP contribution in [0.1, 0.15) is 61.9 Å². The van der Waals surface area contributed by atoms with Crippen molar-refractivity contribution < 1.29 is 0 Å². The van der Waals surface area contributed by atoms with Gasteiger partial charge in [0.2, 0.25) is 0 Å². The maximum atomic E-state index is 9.28. The van der Waals surface area contributed by atoms with Crippen molar-refractivity contribution in [3.05, 3.63) is 76.5 Å². The van der Waals surface area contributed by atoms with Gasteiger partial charge in [0.05, 0.1) is 23.4 Å². The zero-order valence-corrected chi connectivity index (χ0v) is 19.3. The van der Waals surface area contributed by atoms with Crippen LogP contribution < -0.4 is 16.4 Å². The van der Waals surface area contributed by atoms with Crippen molar-refractivity contribution in [1.29, 1.82) is 5.26 Å². The summed E-state index contributed by atoms with van der Waals surface area (Å²) in [6, 6.07) is 17.4. The second-order valence-electron chi connectivity index (χ2n) is 9.03. The number of hydrogen-bond acceptors (Lipinski definition) is 5. The fraction of sp³-hybridized carbons (Fsp3) is 0.370. The highest BCUT2D eigenvalue weighted by Crippen LogP contribution is 2.35. The topological polar surface area (TPSA) is 77.1 Å². The Balaban J connectivity index is 1.72. The first-order chi connectivity index (χ1) is 15.5. The van der Waals surface area contributed by atoms with Crippen LogP contribution >= 0.6 is 0 Å². The van der Waals surface area contributed by atoms with E-state index in [1.165, 1.54) is 16.7 Å². The molecule has 32 heavy (non-hydrogen) atoms. The molecular formula is C27H33N5. The highest BCUT2D eigenvalue weighted by Gasteiger charge is 2.24. The second-order valence-corrected chi connectivity index (χ2v) is 9.03. The van der Waals surface area contributed by atoms with Crippen LogP contribution in [-0.4, -0.2) is 30.6 Å². The summed E-state index contributed by atoms with van der Waals surface area (Å²) in [6.45, 7) is 9.40. The molecule has 4 rings (SSSR count). The predicted octanol–water partition coefficient (Wildman–Crippen LogP) is 4.85. The van der Waals surface area contributed by atoms with Gasteiger partial charge >= 0.3 is 0 Å². The molecule has 166 valence electrons. The number of rotatable bonds is 4. The van der Waals surface area contributed by atoms with E-state index in [4.69, 9.17) is 5.73 Å². The van der Waals surface area contributed by atoms with Crippen LogP contribution in [0.15, 0.2) is 54.2 Å². The van der Waals surface area contributed by atoms with Crippen molar-refractivity contribution >= 4 is 17.0 Å². The minimum atomic E-state index is 0.125. The highest BCUT2D eigenvalue weighted by atomic mass is 15.1. The van der Waals surface area contributed by atoms with Crippen LogP contribution in [0.25, 0.3) is 11.3 Å². The van der Waals surface area contributed by atoms with E-state index in [2.05, 4.69) is 59.7 Å². The van der Waals surface area contributed by atoms with Crippen LogP contribution in [0.4, 0.5) is 5.69 Å². The van der Waals surface area contributed by atoms with Gasteiger partial charge in [-0.1, -0.05) is 24.3 Å². The number of allylic oxidation sites excluding steroid dienone is 1. The molecule has 2 aromatic rings. The van der Waals surface area contributed by atoms with Gasteiger partial charge in [0, 0.05) is 42.6 Å². The monoisotopic (exact) mass is 427 g/mol. The molecule has 0 amide bonds. The number of benzene rings is 2. The molecule has 0 fully saturated rings. The molecule has 0 saturated heterocycles. The lowest BCUT2D eigenvalue weighted by Gasteiger charge is -2.30. The van der Waals surface area contributed by atoms with E-state index in [1.807, 2.05) is 31.2 Å². The van der Waals surface area contributed by atoms with Crippen LogP contribution in [0.5, 0.6) is 0 Å². The molecule has 0 saturated carbocycles. The largest absolute Gasteiger partial charge is 0.401 e. The number of fused-ring (bicyclic) bond motifs is 1. The van der Waals surface area contributed by atoms with E-state index in [0.29, 0.717) is 11.6 Å². The van der Waals surface area contributed by atoms with Gasteiger partial charge in [-0.3, -0.25) is 4.90 Å². The number of anilines is 1. The molecular weight excluding hydrogens is 394 g/mol. The average Bonchev–Trinajstić information content (AvgIpc) is 2.98. The normalized spacial score (nSPS) is 20.5. The lowest BCUT2D eigenvalue weighted by molar-refractivity contribution is 0.245. The van der Waals surface area contributed by atoms with Crippen LogP contribution in [-0.2, 0) is 0 Å². The summed E-state index contributed by atoms with van der Waals surface area (Å²) in [5.74, 6) is 0. The predicted molar refractivity (Wildman–Crippen MR) is 133 cm³/mol. The van der Waals surface area contributed by atoms with E-state index in [0.717, 1.165) is 55.1 Å². The van der Waals surface area contributed by atoms with Crippen LogP contribution in [0.2, 0.25) is 0 Å². The highest BCUT2D eigenvalue weighted by molar-refractivity contribution is 5.75. The van der Waals surface area contributed by atoms with Crippen molar-refractivity contribution in [2.75, 3.05) is 25.0 Å². The second kappa shape index (κ2) is 9.50. The fourth-order valence-corrected chi connectivity index (χ4v) is 4.67. The Kier molecular flexibility index (Phi) is 6.53. The summed E-state index contributed by atoms with van der Waals surface area (Å²) in [7, 11) is 0. The Bertz CT molecular complexity index is 1090. The van der Waals surface area contributed by atoms with Crippen molar-refractivity contribution in [2.45, 2.75) is 45.7 Å². The Morgan fingerprint density at radius 2 is 2.09 bits per heavy atom. The lowest BCUT2D eigenvalue weighted by Crippen LogP contribution is -2.34. The summed E-state index contributed by atoms with van der Waals surface area (Å²) >= 11 is 0. The summed E-state index contributed by atoms with van der Waals surface area (Å²) < 4.78 is 0. The summed E-state index contributed by atoms with van der Waals surface area (Å²) in [4.78, 5) is 2.50. The average molecular weight is 428 g/mol. The molecule has 2 heterocycles. The molecule has 5 nitrogen and oxygen atoms in total. The van der Waals surface area contributed by atoms with Gasteiger partial charge in [-0.2, -0.15) is 5.26 Å². The van der Waals surface area contributed by atoms with Gasteiger partial charge in [0.25, 0.3) is 0 Å². The molecule has 0 aliphatic carbocycles. The maximum absolute atomic E-state index is 9.28. The maximum Gasteiger partial charge on any atom is 0.0992 e. The number of hydrogen-bond donors (Lipinski definition) is 3. The lowest BCUT2D eigenvalue weighted by atomic mass is 9.90. The van der Waals surface area contributed by atoms with Gasteiger partial charge in [0.1, 0.15) is 0 Å². The fourth-order valence-electron chi connectivity index (χ4n) is 4.67. The molecule has 0 spiro atoms. The first-order valence-electron chi connectivity index (χ1n) is 11.5. The zero-order chi connectivity index (χ0) is 22.7. The number of nitrogens with two attached hydrogens (primary N) is 1. The molecule has 5 heteroatoms. The van der Waals surface area contributed by atoms with E-state index < -0.39 is 0 Å². The molecule has 2 aromatic carbocycles. The summed E-state index contributed by atoms with van der Waals surface area (Å²) in [5.41, 5.74) is 14.8. The molecule has 2 aliphatic rings. The van der Waals surface area contributed by atoms with E-state index in [1.54, 1.807) is 0 Å². The van der Waals surface area contributed by atoms with Crippen molar-refractivity contribution in [3.8, 4) is 6.07 Å². The van der Waals surface area contributed by atoms with Gasteiger partial charge in [-0.15, -0.1) is 0 Å². The van der Waals surface area contributed by atoms with Crippen molar-refractivity contribution in [2.24, 2.45) is 5.73 Å². The van der Waals surface area contributed by atoms with E-state index in [9.17, 15) is 5.26 Å². The quantitative estimate of drug-likeness (QED) is 0.650. The Labute approximate surface area is 191 Å². The Hall–Kier alpha value is -3.23. The molecule has 1 unspecified atom stereocenters. The van der Waals surface area contributed by atoms with Gasteiger partial charge in [-0.05, 0) is 74.6 Å². The van der Waals surface area contributed by atoms with Crippen LogP contribution in [0, 0.1) is 11.3 Å². The molecule has 0 aromatic heterocycles. The van der Waals surface area contributed by atoms with E-state index >= 15 is 0 Å². The minimum absolute atomic E-state index is 0.125. The summed E-state index contributed by atoms with van der Waals surface area (Å²) in [6.07, 6.45) is 4.37. The van der Waals surface area contributed by atoms with Crippen molar-refractivity contribution in [1.82, 2.24) is 10.2 Å². The standard InChI is InChI=1S/C27H33N5/c1-18(2)32-13-10-21(11-14-32)22-7-8-24-25(16-22)26(9-12-30-27(24)19(3)29)31-23-6-4-5-20(15-23)17-28/h4-8,10,15-16,18,26,30-31H,9,11-14,29H2,1-3H3/b27-19-. The van der Waals surface area contributed by atoms with Crippen LogP contribution in [0.3, 0.4) is 0 Å². The smallest absolute Gasteiger partial charge is 0.0992 e. The Morgan fingerprint density at radius 3 is 2.78 bits per heavy atom. The van der Waals surface area contributed by atoms with E-state index in [-0.39, 0.29) is 6.04 Å². The molecule has 0 radical (unpaired) electrons. The first kappa shape index (κ1) is 22.0. The third-order valence-electron chi connectivity index (χ3n) is 6.50. The van der Waals surface area contributed by atoms with Gasteiger partial charge in [-0.25, -0.2) is 0 Å².